The van der Waals surface area contributed by atoms with Crippen LogP contribution in [0.5, 0.6) is 0 Å². The molecule has 2 aromatic rings. The molecular formula is C14H17N5O3. The maximum atomic E-state index is 12.1. The largest absolute Gasteiger partial charge is 0.361 e. The van der Waals surface area contributed by atoms with Crippen LogP contribution in [-0.2, 0) is 0 Å². The lowest BCUT2D eigenvalue weighted by atomic mass is 10.1. The van der Waals surface area contributed by atoms with Crippen molar-refractivity contribution in [3.8, 4) is 0 Å². The van der Waals surface area contributed by atoms with E-state index < -0.39 is 0 Å². The van der Waals surface area contributed by atoms with Crippen molar-refractivity contribution < 1.29 is 9.32 Å². The number of aromatic amines is 1. The van der Waals surface area contributed by atoms with Crippen LogP contribution in [0, 0.1) is 6.92 Å². The fourth-order valence-electron chi connectivity index (χ4n) is 2.59. The molecule has 0 aromatic carbocycles. The predicted molar refractivity (Wildman–Crippen MR) is 78.8 cm³/mol. The normalized spacial score (nSPS) is 18.2. The summed E-state index contributed by atoms with van der Waals surface area (Å²) in [6.07, 6.45) is 4.78. The Morgan fingerprint density at radius 2 is 2.41 bits per heavy atom. The molecule has 0 radical (unpaired) electrons. The smallest absolute Gasteiger partial charge is 0.290 e. The van der Waals surface area contributed by atoms with E-state index >= 15 is 0 Å². The predicted octanol–water partition coefficient (Wildman–Crippen LogP) is 0.465. The monoisotopic (exact) mass is 303 g/mol. The Kier molecular flexibility index (Phi) is 3.90. The molecule has 22 heavy (non-hydrogen) atoms. The number of hydrogen-bond donors (Lipinski definition) is 2. The number of nitrogens with one attached hydrogen (secondary N) is 2. The van der Waals surface area contributed by atoms with Gasteiger partial charge in [-0.1, -0.05) is 5.16 Å². The van der Waals surface area contributed by atoms with Crippen LogP contribution in [0.25, 0.3) is 0 Å². The van der Waals surface area contributed by atoms with Gasteiger partial charge in [-0.2, -0.15) is 0 Å². The molecule has 8 heteroatoms. The number of rotatable bonds is 3. The van der Waals surface area contributed by atoms with Crippen LogP contribution in [0.1, 0.15) is 29.1 Å². The number of aromatic nitrogens is 3. The minimum atomic E-state index is -0.265. The maximum Gasteiger partial charge on any atom is 0.290 e. The number of amides is 1. The lowest BCUT2D eigenvalue weighted by molar-refractivity contribution is 0.0924. The van der Waals surface area contributed by atoms with Crippen molar-refractivity contribution in [3.63, 3.8) is 0 Å². The summed E-state index contributed by atoms with van der Waals surface area (Å²) in [5.41, 5.74) is 0.0481. The van der Waals surface area contributed by atoms with E-state index in [4.69, 9.17) is 4.52 Å². The van der Waals surface area contributed by atoms with Crippen LogP contribution >= 0.6 is 0 Å². The fourth-order valence-corrected chi connectivity index (χ4v) is 2.59. The van der Waals surface area contributed by atoms with Gasteiger partial charge in [0, 0.05) is 37.6 Å². The van der Waals surface area contributed by atoms with Gasteiger partial charge in [0.25, 0.3) is 11.5 Å². The van der Waals surface area contributed by atoms with E-state index in [2.05, 4.69) is 20.4 Å². The molecule has 1 aliphatic heterocycles. The molecule has 3 rings (SSSR count). The summed E-state index contributed by atoms with van der Waals surface area (Å²) in [6, 6.07) is 1.54. The van der Waals surface area contributed by atoms with E-state index in [-0.39, 0.29) is 23.2 Å². The Bertz CT molecular complexity index is 723. The van der Waals surface area contributed by atoms with Crippen LogP contribution in [0.15, 0.2) is 27.8 Å². The number of nitrogens with zero attached hydrogens (tertiary/aromatic N) is 3. The number of hydrogen-bond acceptors (Lipinski definition) is 6. The molecule has 1 atom stereocenters. The molecule has 0 saturated carbocycles. The highest BCUT2D eigenvalue weighted by Gasteiger charge is 2.25. The van der Waals surface area contributed by atoms with E-state index in [1.54, 1.807) is 19.2 Å². The molecule has 1 aliphatic rings. The highest BCUT2D eigenvalue weighted by atomic mass is 16.5. The van der Waals surface area contributed by atoms with Crippen molar-refractivity contribution in [2.24, 2.45) is 0 Å². The quantitative estimate of drug-likeness (QED) is 0.854. The standard InChI is InChI=1S/C14H17N5O3/c1-9-7-11(18-22-9)13(20)17-10-3-2-6-19(8-10)12-14(21)16-5-4-15-12/h4-5,7,10H,2-3,6,8H2,1H3,(H,16,21)(H,17,20). The van der Waals surface area contributed by atoms with Gasteiger partial charge in [0.1, 0.15) is 5.76 Å². The van der Waals surface area contributed by atoms with Crippen LogP contribution in [0.2, 0.25) is 0 Å². The Morgan fingerprint density at radius 1 is 1.55 bits per heavy atom. The highest BCUT2D eigenvalue weighted by molar-refractivity contribution is 5.92. The van der Waals surface area contributed by atoms with Crippen molar-refractivity contribution >= 4 is 11.7 Å². The van der Waals surface area contributed by atoms with E-state index in [1.807, 2.05) is 4.90 Å². The second-order valence-electron chi connectivity index (χ2n) is 5.32. The number of anilines is 1. The molecule has 116 valence electrons. The van der Waals surface area contributed by atoms with Gasteiger partial charge in [0.05, 0.1) is 0 Å². The van der Waals surface area contributed by atoms with E-state index in [1.165, 1.54) is 6.20 Å². The van der Waals surface area contributed by atoms with Crippen LogP contribution in [0.3, 0.4) is 0 Å². The lowest BCUT2D eigenvalue weighted by Gasteiger charge is -2.33. The van der Waals surface area contributed by atoms with E-state index in [9.17, 15) is 9.59 Å². The zero-order valence-corrected chi connectivity index (χ0v) is 12.2. The molecule has 3 heterocycles. The molecule has 1 fully saturated rings. The Balaban J connectivity index is 1.67. The van der Waals surface area contributed by atoms with Crippen molar-refractivity contribution in [1.29, 1.82) is 0 Å². The SMILES string of the molecule is Cc1cc(C(=O)NC2CCCN(c3ncc[nH]c3=O)C2)no1. The Hall–Kier alpha value is -2.64. The molecule has 0 aliphatic carbocycles. The van der Waals surface area contributed by atoms with Crippen molar-refractivity contribution in [3.05, 3.63) is 40.3 Å². The summed E-state index contributed by atoms with van der Waals surface area (Å²) >= 11 is 0. The van der Waals surface area contributed by atoms with Gasteiger partial charge < -0.3 is 19.7 Å². The number of aryl methyl sites for hydroxylation is 1. The number of carbonyl (C=O) groups excluding carboxylic acids is 1. The van der Waals surface area contributed by atoms with Crippen molar-refractivity contribution in [1.82, 2.24) is 20.4 Å². The first-order valence-corrected chi connectivity index (χ1v) is 7.16. The van der Waals surface area contributed by atoms with Gasteiger partial charge in [-0.25, -0.2) is 4.98 Å². The Labute approximate surface area is 126 Å². The summed E-state index contributed by atoms with van der Waals surface area (Å²) in [5.74, 6) is 0.716. The molecule has 0 spiro atoms. The molecule has 1 unspecified atom stereocenters. The summed E-state index contributed by atoms with van der Waals surface area (Å²) in [5, 5.41) is 6.63. The lowest BCUT2D eigenvalue weighted by Crippen LogP contribution is -2.49. The third kappa shape index (κ3) is 3.00. The molecule has 2 aromatic heterocycles. The minimum Gasteiger partial charge on any atom is -0.361 e. The topological polar surface area (TPSA) is 104 Å². The first-order valence-electron chi connectivity index (χ1n) is 7.16. The molecule has 0 bridgehead atoms. The van der Waals surface area contributed by atoms with Gasteiger partial charge in [0.15, 0.2) is 11.5 Å². The Morgan fingerprint density at radius 3 is 3.14 bits per heavy atom. The number of carbonyl (C=O) groups is 1. The number of piperidine rings is 1. The van der Waals surface area contributed by atoms with E-state index in [0.29, 0.717) is 18.1 Å². The van der Waals surface area contributed by atoms with Gasteiger partial charge in [0.2, 0.25) is 0 Å². The van der Waals surface area contributed by atoms with Crippen molar-refractivity contribution in [2.45, 2.75) is 25.8 Å². The third-order valence-corrected chi connectivity index (χ3v) is 3.61. The molecule has 1 amide bonds. The van der Waals surface area contributed by atoms with Gasteiger partial charge in [-0.15, -0.1) is 0 Å². The zero-order valence-electron chi connectivity index (χ0n) is 12.2. The van der Waals surface area contributed by atoms with Crippen molar-refractivity contribution in [2.75, 3.05) is 18.0 Å². The first-order chi connectivity index (χ1) is 10.6. The zero-order chi connectivity index (χ0) is 15.5. The fraction of sp³-hybridized carbons (Fsp3) is 0.429. The molecule has 8 nitrogen and oxygen atoms in total. The summed E-state index contributed by atoms with van der Waals surface area (Å²) < 4.78 is 4.90. The molecule has 1 saturated heterocycles. The van der Waals surface area contributed by atoms with Gasteiger partial charge in [-0.05, 0) is 19.8 Å². The van der Waals surface area contributed by atoms with Crippen LogP contribution in [0.4, 0.5) is 5.82 Å². The third-order valence-electron chi connectivity index (χ3n) is 3.61. The first kappa shape index (κ1) is 14.3. The van der Waals surface area contributed by atoms with E-state index in [0.717, 1.165) is 19.4 Å². The summed E-state index contributed by atoms with van der Waals surface area (Å²) in [6.45, 7) is 3.03. The maximum absolute atomic E-state index is 12.1. The minimum absolute atomic E-state index is 0.0559. The van der Waals surface area contributed by atoms with Crippen LogP contribution < -0.4 is 15.8 Å². The van der Waals surface area contributed by atoms with Gasteiger partial charge >= 0.3 is 0 Å². The average Bonchev–Trinajstić information content (AvgIpc) is 2.95. The summed E-state index contributed by atoms with van der Waals surface area (Å²) in [4.78, 5) is 32.5. The highest BCUT2D eigenvalue weighted by Crippen LogP contribution is 2.14. The second kappa shape index (κ2) is 6.00. The molecule has 2 N–H and O–H groups in total. The van der Waals surface area contributed by atoms with Gasteiger partial charge in [-0.3, -0.25) is 9.59 Å². The second-order valence-corrected chi connectivity index (χ2v) is 5.32. The molecular weight excluding hydrogens is 286 g/mol. The number of H-pyrrole nitrogens is 1. The average molecular weight is 303 g/mol. The summed E-state index contributed by atoms with van der Waals surface area (Å²) in [7, 11) is 0. The van der Waals surface area contributed by atoms with Crippen LogP contribution in [-0.4, -0.2) is 40.2 Å².